The topological polar surface area (TPSA) is 73.8 Å². The zero-order valence-corrected chi connectivity index (χ0v) is 14.4. The van der Waals surface area contributed by atoms with Gasteiger partial charge in [-0.25, -0.2) is 9.97 Å². The van der Waals surface area contributed by atoms with Crippen molar-refractivity contribution in [3.05, 3.63) is 24.3 Å². The maximum atomic E-state index is 12.5. The van der Waals surface area contributed by atoms with Crippen LogP contribution in [0.15, 0.2) is 18.5 Å². The van der Waals surface area contributed by atoms with E-state index < -0.39 is 0 Å². The molecule has 3 saturated heterocycles. The van der Waals surface area contributed by atoms with Gasteiger partial charge in [0.1, 0.15) is 0 Å². The Labute approximate surface area is 147 Å². The number of ether oxygens (including phenoxy) is 3. The number of carbonyl (C=O) groups is 1. The van der Waals surface area contributed by atoms with Gasteiger partial charge in [-0.1, -0.05) is 0 Å². The molecule has 2 atom stereocenters. The summed E-state index contributed by atoms with van der Waals surface area (Å²) >= 11 is 0. The molecule has 3 fully saturated rings. The summed E-state index contributed by atoms with van der Waals surface area (Å²) in [6.07, 6.45) is 7.19. The van der Waals surface area contributed by atoms with Crippen molar-refractivity contribution < 1.29 is 19.0 Å². The Bertz CT molecular complexity index is 593. The normalized spacial score (nSPS) is 30.2. The van der Waals surface area contributed by atoms with Gasteiger partial charge in [-0.2, -0.15) is 0 Å². The molecule has 1 amide bonds. The Morgan fingerprint density at radius 2 is 2.12 bits per heavy atom. The highest BCUT2D eigenvalue weighted by Crippen LogP contribution is 2.36. The van der Waals surface area contributed by atoms with Crippen molar-refractivity contribution in [3.8, 4) is 0 Å². The molecule has 4 rings (SSSR count). The molecule has 7 heteroatoms. The van der Waals surface area contributed by atoms with Gasteiger partial charge in [0.25, 0.3) is 5.91 Å². The lowest BCUT2D eigenvalue weighted by Gasteiger charge is -2.24. The van der Waals surface area contributed by atoms with E-state index in [1.807, 2.05) is 0 Å². The van der Waals surface area contributed by atoms with Crippen molar-refractivity contribution in [3.63, 3.8) is 0 Å². The van der Waals surface area contributed by atoms with Crippen molar-refractivity contribution >= 4 is 5.91 Å². The first-order valence-electron chi connectivity index (χ1n) is 9.14. The average molecular weight is 347 g/mol. The van der Waals surface area contributed by atoms with Crippen LogP contribution in [0.25, 0.3) is 0 Å². The van der Waals surface area contributed by atoms with Crippen molar-refractivity contribution in [2.24, 2.45) is 5.92 Å². The van der Waals surface area contributed by atoms with Crippen LogP contribution in [-0.4, -0.2) is 72.0 Å². The lowest BCUT2D eigenvalue weighted by atomic mass is 9.98. The Balaban J connectivity index is 1.28. The number of carbonyl (C=O) groups excluding carboxylic acids is 1. The second-order valence-corrected chi connectivity index (χ2v) is 7.26. The number of likely N-dealkylation sites (tertiary alicyclic amines) is 1. The van der Waals surface area contributed by atoms with E-state index in [1.54, 1.807) is 23.4 Å². The van der Waals surface area contributed by atoms with E-state index in [0.29, 0.717) is 25.6 Å². The first-order chi connectivity index (χ1) is 12.2. The minimum Gasteiger partial charge on any atom is -0.381 e. The molecule has 0 aromatic carbocycles. The van der Waals surface area contributed by atoms with Crippen LogP contribution in [0, 0.1) is 5.92 Å². The molecule has 4 heterocycles. The van der Waals surface area contributed by atoms with Gasteiger partial charge in [-0.15, -0.1) is 0 Å². The Kier molecular flexibility index (Phi) is 4.96. The fourth-order valence-corrected chi connectivity index (χ4v) is 3.95. The number of amides is 1. The van der Waals surface area contributed by atoms with Gasteiger partial charge in [0.2, 0.25) is 5.82 Å². The number of hydrogen-bond donors (Lipinski definition) is 0. The molecule has 0 unspecified atom stereocenters. The summed E-state index contributed by atoms with van der Waals surface area (Å²) in [5, 5.41) is 0. The largest absolute Gasteiger partial charge is 0.381 e. The zero-order chi connectivity index (χ0) is 17.1. The maximum absolute atomic E-state index is 12.5. The summed E-state index contributed by atoms with van der Waals surface area (Å²) in [7, 11) is 0. The molecular weight excluding hydrogens is 322 g/mol. The van der Waals surface area contributed by atoms with Crippen molar-refractivity contribution in [1.29, 1.82) is 0 Å². The van der Waals surface area contributed by atoms with Gasteiger partial charge in [0.05, 0.1) is 31.5 Å². The van der Waals surface area contributed by atoms with Crippen LogP contribution in [-0.2, 0) is 14.2 Å². The second kappa shape index (κ2) is 7.35. The predicted molar refractivity (Wildman–Crippen MR) is 89.1 cm³/mol. The average Bonchev–Trinajstić information content (AvgIpc) is 3.28. The highest BCUT2D eigenvalue weighted by atomic mass is 16.6. The van der Waals surface area contributed by atoms with Crippen molar-refractivity contribution in [1.82, 2.24) is 14.9 Å². The number of nitrogens with zero attached hydrogens (tertiary/aromatic N) is 3. The molecule has 3 aliphatic heterocycles. The number of aromatic nitrogens is 2. The highest BCUT2D eigenvalue weighted by molar-refractivity contribution is 5.90. The monoisotopic (exact) mass is 347 g/mol. The minimum absolute atomic E-state index is 0.118. The standard InChI is InChI=1S/C18H25N3O4/c22-17(16-19-5-1-6-20-16)21-7-4-18(13-21)10-15(12-25-18)24-11-14-2-8-23-9-3-14/h1,5-6,14-15H,2-4,7-13H2/t15-,18+/m1/s1. The van der Waals surface area contributed by atoms with Gasteiger partial charge in [-0.3, -0.25) is 4.79 Å². The van der Waals surface area contributed by atoms with Crippen molar-refractivity contribution in [2.45, 2.75) is 37.4 Å². The summed E-state index contributed by atoms with van der Waals surface area (Å²) in [5.41, 5.74) is -0.259. The van der Waals surface area contributed by atoms with E-state index in [1.165, 1.54) is 0 Å². The van der Waals surface area contributed by atoms with Crippen LogP contribution in [0.1, 0.15) is 36.3 Å². The van der Waals surface area contributed by atoms with E-state index in [0.717, 1.165) is 45.5 Å². The molecule has 1 spiro atoms. The van der Waals surface area contributed by atoms with Crippen LogP contribution in [0.5, 0.6) is 0 Å². The van der Waals surface area contributed by atoms with E-state index >= 15 is 0 Å². The third-order valence-electron chi connectivity index (χ3n) is 5.44. The van der Waals surface area contributed by atoms with Crippen molar-refractivity contribution in [2.75, 3.05) is 39.5 Å². The molecule has 0 saturated carbocycles. The van der Waals surface area contributed by atoms with Gasteiger partial charge in [0.15, 0.2) is 0 Å². The van der Waals surface area contributed by atoms with E-state index in [9.17, 15) is 4.79 Å². The molecule has 25 heavy (non-hydrogen) atoms. The molecule has 0 aliphatic carbocycles. The Morgan fingerprint density at radius 1 is 1.32 bits per heavy atom. The molecule has 1 aromatic rings. The molecule has 0 bridgehead atoms. The smallest absolute Gasteiger partial charge is 0.291 e. The summed E-state index contributed by atoms with van der Waals surface area (Å²) in [4.78, 5) is 22.4. The number of rotatable bonds is 4. The van der Waals surface area contributed by atoms with Gasteiger partial charge >= 0.3 is 0 Å². The van der Waals surface area contributed by atoms with E-state index in [2.05, 4.69) is 9.97 Å². The quantitative estimate of drug-likeness (QED) is 0.817. The molecule has 0 N–H and O–H groups in total. The summed E-state index contributed by atoms with van der Waals surface area (Å²) in [5.74, 6) is 0.736. The lowest BCUT2D eigenvalue weighted by molar-refractivity contribution is -0.0186. The molecule has 0 radical (unpaired) electrons. The van der Waals surface area contributed by atoms with E-state index in [-0.39, 0.29) is 23.4 Å². The SMILES string of the molecule is O=C(c1ncccn1)N1CC[C@]2(C[C@@H](OCC3CCOCC3)CO2)C1. The van der Waals surface area contributed by atoms with Crippen LogP contribution in [0.3, 0.4) is 0 Å². The molecule has 136 valence electrons. The van der Waals surface area contributed by atoms with Gasteiger partial charge in [-0.05, 0) is 31.2 Å². The van der Waals surface area contributed by atoms with Crippen LogP contribution < -0.4 is 0 Å². The lowest BCUT2D eigenvalue weighted by Crippen LogP contribution is -2.36. The zero-order valence-electron chi connectivity index (χ0n) is 14.4. The first-order valence-corrected chi connectivity index (χ1v) is 9.14. The Morgan fingerprint density at radius 3 is 2.92 bits per heavy atom. The fourth-order valence-electron chi connectivity index (χ4n) is 3.95. The Hall–Kier alpha value is -1.57. The molecular formula is C18H25N3O4. The molecule has 1 aromatic heterocycles. The maximum Gasteiger partial charge on any atom is 0.291 e. The minimum atomic E-state index is -0.259. The van der Waals surface area contributed by atoms with Crippen LogP contribution >= 0.6 is 0 Å². The third-order valence-corrected chi connectivity index (χ3v) is 5.44. The van der Waals surface area contributed by atoms with Crippen LogP contribution in [0.2, 0.25) is 0 Å². The summed E-state index contributed by atoms with van der Waals surface area (Å²) < 4.78 is 17.6. The predicted octanol–water partition coefficient (Wildman–Crippen LogP) is 1.29. The van der Waals surface area contributed by atoms with Gasteiger partial charge in [0, 0.05) is 38.6 Å². The molecule has 7 nitrogen and oxygen atoms in total. The summed E-state index contributed by atoms with van der Waals surface area (Å²) in [6.45, 7) is 4.38. The summed E-state index contributed by atoms with van der Waals surface area (Å²) in [6, 6.07) is 1.71. The fraction of sp³-hybridized carbons (Fsp3) is 0.722. The third kappa shape index (κ3) is 3.83. The second-order valence-electron chi connectivity index (χ2n) is 7.26. The van der Waals surface area contributed by atoms with Crippen LogP contribution in [0.4, 0.5) is 0 Å². The van der Waals surface area contributed by atoms with Gasteiger partial charge < -0.3 is 19.1 Å². The highest BCUT2D eigenvalue weighted by Gasteiger charge is 2.47. The first kappa shape index (κ1) is 16.9. The number of hydrogen-bond acceptors (Lipinski definition) is 6. The van der Waals surface area contributed by atoms with E-state index in [4.69, 9.17) is 14.2 Å². The molecule has 3 aliphatic rings.